The van der Waals surface area contributed by atoms with Crippen molar-refractivity contribution >= 4 is 32.7 Å². The van der Waals surface area contributed by atoms with Crippen LogP contribution in [0.1, 0.15) is 11.1 Å². The van der Waals surface area contributed by atoms with Gasteiger partial charge in [0.25, 0.3) is 0 Å². The standard InChI is InChI=1S/C23H16O/c1-2-6-19-14-16(9-11-18(19)5-1)13-17-10-12-23-21(15-17)20-7-3-4-8-22(20)24-23/h1-12,14-15H,13H2. The summed E-state index contributed by atoms with van der Waals surface area (Å²) in [6.45, 7) is 0. The fraction of sp³-hybridized carbons (Fsp3) is 0.0435. The average Bonchev–Trinajstić information content (AvgIpc) is 3.00. The Balaban J connectivity index is 1.59. The predicted octanol–water partition coefficient (Wildman–Crippen LogP) is 6.33. The Morgan fingerprint density at radius 3 is 2.21 bits per heavy atom. The Kier molecular flexibility index (Phi) is 2.92. The minimum atomic E-state index is 0.931. The average molecular weight is 308 g/mol. The molecule has 1 heterocycles. The van der Waals surface area contributed by atoms with Crippen LogP contribution in [0, 0.1) is 0 Å². The molecule has 0 amide bonds. The van der Waals surface area contributed by atoms with Gasteiger partial charge in [-0.05, 0) is 46.5 Å². The normalized spacial score (nSPS) is 11.5. The van der Waals surface area contributed by atoms with Gasteiger partial charge in [-0.15, -0.1) is 0 Å². The van der Waals surface area contributed by atoms with Gasteiger partial charge in [0.15, 0.2) is 0 Å². The Hall–Kier alpha value is -3.06. The summed E-state index contributed by atoms with van der Waals surface area (Å²) in [7, 11) is 0. The highest BCUT2D eigenvalue weighted by atomic mass is 16.3. The molecular weight excluding hydrogens is 292 g/mol. The van der Waals surface area contributed by atoms with Crippen LogP contribution in [0.4, 0.5) is 0 Å². The van der Waals surface area contributed by atoms with Gasteiger partial charge in [-0.2, -0.15) is 0 Å². The lowest BCUT2D eigenvalue weighted by molar-refractivity contribution is 0.669. The SMILES string of the molecule is c1ccc2cc(Cc3ccc4oc5ccccc5c4c3)ccc2c1. The molecule has 114 valence electrons. The van der Waals surface area contributed by atoms with E-state index in [4.69, 9.17) is 4.42 Å². The fourth-order valence-corrected chi connectivity index (χ4v) is 3.47. The highest BCUT2D eigenvalue weighted by Crippen LogP contribution is 2.30. The summed E-state index contributed by atoms with van der Waals surface area (Å²) >= 11 is 0. The van der Waals surface area contributed by atoms with Crippen molar-refractivity contribution in [1.82, 2.24) is 0 Å². The lowest BCUT2D eigenvalue weighted by Gasteiger charge is -2.05. The quantitative estimate of drug-likeness (QED) is 0.371. The summed E-state index contributed by atoms with van der Waals surface area (Å²) < 4.78 is 5.92. The summed E-state index contributed by atoms with van der Waals surface area (Å²) in [5.41, 5.74) is 4.55. The molecule has 0 N–H and O–H groups in total. The van der Waals surface area contributed by atoms with Crippen LogP contribution in [0.15, 0.2) is 89.3 Å². The van der Waals surface area contributed by atoms with Crippen LogP contribution >= 0.6 is 0 Å². The monoisotopic (exact) mass is 308 g/mol. The Morgan fingerprint density at radius 1 is 0.542 bits per heavy atom. The van der Waals surface area contributed by atoms with Crippen molar-refractivity contribution in [1.29, 1.82) is 0 Å². The first-order valence-electron chi connectivity index (χ1n) is 8.25. The maximum atomic E-state index is 5.92. The second-order valence-corrected chi connectivity index (χ2v) is 6.29. The third-order valence-electron chi connectivity index (χ3n) is 4.66. The Labute approximate surface area is 140 Å². The smallest absolute Gasteiger partial charge is 0.135 e. The molecular formula is C23H16O. The van der Waals surface area contributed by atoms with Gasteiger partial charge in [0.2, 0.25) is 0 Å². The highest BCUT2D eigenvalue weighted by molar-refractivity contribution is 6.05. The predicted molar refractivity (Wildman–Crippen MR) is 100 cm³/mol. The molecule has 0 unspecified atom stereocenters. The van der Waals surface area contributed by atoms with Crippen molar-refractivity contribution in [3.05, 3.63) is 96.1 Å². The molecule has 0 atom stereocenters. The first kappa shape index (κ1) is 13.4. The van der Waals surface area contributed by atoms with Crippen molar-refractivity contribution < 1.29 is 4.42 Å². The van der Waals surface area contributed by atoms with E-state index in [1.54, 1.807) is 0 Å². The van der Waals surface area contributed by atoms with Crippen LogP contribution in [-0.4, -0.2) is 0 Å². The Morgan fingerprint density at radius 2 is 1.25 bits per heavy atom. The van der Waals surface area contributed by atoms with Crippen LogP contribution < -0.4 is 0 Å². The van der Waals surface area contributed by atoms with E-state index in [1.807, 2.05) is 12.1 Å². The molecule has 0 saturated carbocycles. The van der Waals surface area contributed by atoms with E-state index in [1.165, 1.54) is 32.7 Å². The van der Waals surface area contributed by atoms with Gasteiger partial charge in [0.05, 0.1) is 0 Å². The zero-order valence-electron chi connectivity index (χ0n) is 13.2. The van der Waals surface area contributed by atoms with E-state index in [0.29, 0.717) is 0 Å². The Bertz CT molecular complexity index is 1180. The molecule has 0 radical (unpaired) electrons. The van der Waals surface area contributed by atoms with E-state index >= 15 is 0 Å². The van der Waals surface area contributed by atoms with E-state index in [2.05, 4.69) is 72.8 Å². The molecule has 0 fully saturated rings. The summed E-state index contributed by atoms with van der Waals surface area (Å²) in [6, 6.07) is 30.0. The molecule has 0 saturated heterocycles. The number of fused-ring (bicyclic) bond motifs is 4. The van der Waals surface area contributed by atoms with Crippen LogP contribution in [0.3, 0.4) is 0 Å². The van der Waals surface area contributed by atoms with Crippen LogP contribution in [0.5, 0.6) is 0 Å². The first-order valence-corrected chi connectivity index (χ1v) is 8.25. The molecule has 1 nitrogen and oxygen atoms in total. The minimum absolute atomic E-state index is 0.931. The van der Waals surface area contributed by atoms with Gasteiger partial charge in [0.1, 0.15) is 11.2 Å². The molecule has 5 rings (SSSR count). The maximum absolute atomic E-state index is 5.92. The number of rotatable bonds is 2. The molecule has 5 aromatic rings. The largest absolute Gasteiger partial charge is 0.456 e. The molecule has 0 aliphatic rings. The number of para-hydroxylation sites is 1. The molecule has 4 aromatic carbocycles. The van der Waals surface area contributed by atoms with E-state index in [9.17, 15) is 0 Å². The van der Waals surface area contributed by atoms with Gasteiger partial charge in [-0.3, -0.25) is 0 Å². The molecule has 1 heteroatoms. The topological polar surface area (TPSA) is 13.1 Å². The molecule has 0 spiro atoms. The number of hydrogen-bond acceptors (Lipinski definition) is 1. The van der Waals surface area contributed by atoms with Gasteiger partial charge in [-0.25, -0.2) is 0 Å². The van der Waals surface area contributed by atoms with Gasteiger partial charge < -0.3 is 4.42 Å². The lowest BCUT2D eigenvalue weighted by Crippen LogP contribution is -1.88. The second-order valence-electron chi connectivity index (χ2n) is 6.29. The van der Waals surface area contributed by atoms with Crippen molar-refractivity contribution in [2.24, 2.45) is 0 Å². The van der Waals surface area contributed by atoms with Gasteiger partial charge in [0, 0.05) is 10.8 Å². The zero-order chi connectivity index (χ0) is 15.9. The van der Waals surface area contributed by atoms with Crippen LogP contribution in [0.2, 0.25) is 0 Å². The van der Waals surface area contributed by atoms with Crippen molar-refractivity contribution in [2.75, 3.05) is 0 Å². The molecule has 0 bridgehead atoms. The van der Waals surface area contributed by atoms with E-state index in [0.717, 1.165) is 17.6 Å². The third-order valence-corrected chi connectivity index (χ3v) is 4.66. The summed E-state index contributed by atoms with van der Waals surface area (Å²) in [6.07, 6.45) is 0.931. The van der Waals surface area contributed by atoms with Crippen molar-refractivity contribution in [2.45, 2.75) is 6.42 Å². The lowest BCUT2D eigenvalue weighted by atomic mass is 10.00. The molecule has 1 aromatic heterocycles. The van der Waals surface area contributed by atoms with Crippen LogP contribution in [-0.2, 0) is 6.42 Å². The van der Waals surface area contributed by atoms with E-state index in [-0.39, 0.29) is 0 Å². The molecule has 0 aliphatic heterocycles. The second kappa shape index (κ2) is 5.24. The maximum Gasteiger partial charge on any atom is 0.135 e. The third kappa shape index (κ3) is 2.17. The van der Waals surface area contributed by atoms with Crippen molar-refractivity contribution in [3.63, 3.8) is 0 Å². The summed E-state index contributed by atoms with van der Waals surface area (Å²) in [4.78, 5) is 0. The number of hydrogen-bond donors (Lipinski definition) is 0. The molecule has 24 heavy (non-hydrogen) atoms. The molecule has 0 aliphatic carbocycles. The zero-order valence-corrected chi connectivity index (χ0v) is 13.2. The first-order chi connectivity index (χ1) is 11.9. The van der Waals surface area contributed by atoms with E-state index < -0.39 is 0 Å². The number of benzene rings is 4. The van der Waals surface area contributed by atoms with Gasteiger partial charge in [-0.1, -0.05) is 66.7 Å². The highest BCUT2D eigenvalue weighted by Gasteiger charge is 2.07. The summed E-state index contributed by atoms with van der Waals surface area (Å²) in [5, 5.41) is 4.97. The van der Waals surface area contributed by atoms with Gasteiger partial charge >= 0.3 is 0 Å². The number of furan rings is 1. The minimum Gasteiger partial charge on any atom is -0.456 e. The fourth-order valence-electron chi connectivity index (χ4n) is 3.47. The summed E-state index contributed by atoms with van der Waals surface area (Å²) in [5.74, 6) is 0. The van der Waals surface area contributed by atoms with Crippen molar-refractivity contribution in [3.8, 4) is 0 Å². The van der Waals surface area contributed by atoms with Crippen LogP contribution in [0.25, 0.3) is 32.7 Å².